The second-order valence-electron chi connectivity index (χ2n) is 7.04. The minimum Gasteiger partial charge on any atom is -0.461 e. The van der Waals surface area contributed by atoms with Gasteiger partial charge in [-0.1, -0.05) is 45.4 Å². The maximum absolute atomic E-state index is 11.9. The number of carbonyl (C=O) groups is 1. The van der Waals surface area contributed by atoms with E-state index in [1.165, 1.54) is 11.1 Å². The molecule has 0 spiro atoms. The van der Waals surface area contributed by atoms with Crippen molar-refractivity contribution in [2.75, 3.05) is 0 Å². The minimum absolute atomic E-state index is 0.0289. The predicted octanol–water partition coefficient (Wildman–Crippen LogP) is 4.87. The molecule has 0 saturated heterocycles. The Kier molecular flexibility index (Phi) is 4.27. The first-order valence-corrected chi connectivity index (χ1v) is 7.78. The number of aryl methyl sites for hydroxylation is 1. The maximum atomic E-state index is 11.9. The molecule has 0 fully saturated rings. The van der Waals surface area contributed by atoms with Crippen LogP contribution in [-0.2, 0) is 16.6 Å². The van der Waals surface area contributed by atoms with Crippen LogP contribution in [0.2, 0.25) is 0 Å². The molecule has 114 valence electrons. The lowest BCUT2D eigenvalue weighted by atomic mass is 9.82. The monoisotopic (exact) mass is 286 g/mol. The van der Waals surface area contributed by atoms with Crippen LogP contribution in [0.3, 0.4) is 0 Å². The molecule has 0 atom stereocenters. The van der Waals surface area contributed by atoms with Gasteiger partial charge in [-0.05, 0) is 31.2 Å². The number of Topliss-reactive ketones (excluding diaryl/α,β-unsaturated/α-hetero) is 1. The van der Waals surface area contributed by atoms with Gasteiger partial charge in [0.05, 0.1) is 0 Å². The van der Waals surface area contributed by atoms with Crippen LogP contribution in [0.25, 0.3) is 0 Å². The van der Waals surface area contributed by atoms with E-state index >= 15 is 0 Å². The summed E-state index contributed by atoms with van der Waals surface area (Å²) in [5.41, 5.74) is 4.47. The number of benzene rings is 1. The van der Waals surface area contributed by atoms with Crippen molar-refractivity contribution in [3.63, 3.8) is 0 Å². The number of ether oxygens (including phenoxy) is 1. The van der Waals surface area contributed by atoms with Crippen molar-refractivity contribution < 1.29 is 9.53 Å². The standard InChI is InChI=1S/C19H26O2/c1-7-8-17-15(13(3)20)11-14-9-12(2)10-16(18(14)21-17)19(4,5)6/h9-10H,7-8,11H2,1-6H3. The van der Waals surface area contributed by atoms with Gasteiger partial charge in [-0.25, -0.2) is 0 Å². The molecule has 2 heteroatoms. The molecule has 0 bridgehead atoms. The molecule has 1 heterocycles. The van der Waals surface area contributed by atoms with Crippen LogP contribution in [0, 0.1) is 6.92 Å². The van der Waals surface area contributed by atoms with Crippen molar-refractivity contribution in [3.05, 3.63) is 40.2 Å². The number of carbonyl (C=O) groups excluding carboxylic acids is 1. The van der Waals surface area contributed by atoms with Gasteiger partial charge >= 0.3 is 0 Å². The van der Waals surface area contributed by atoms with Crippen LogP contribution in [-0.4, -0.2) is 5.78 Å². The minimum atomic E-state index is 0.0289. The molecule has 2 rings (SSSR count). The number of hydrogen-bond donors (Lipinski definition) is 0. The van der Waals surface area contributed by atoms with E-state index in [-0.39, 0.29) is 11.2 Å². The quantitative estimate of drug-likeness (QED) is 0.792. The average molecular weight is 286 g/mol. The predicted molar refractivity (Wildman–Crippen MR) is 86.8 cm³/mol. The third kappa shape index (κ3) is 3.20. The van der Waals surface area contributed by atoms with Crippen molar-refractivity contribution >= 4 is 5.78 Å². The second-order valence-corrected chi connectivity index (χ2v) is 7.04. The van der Waals surface area contributed by atoms with Crippen LogP contribution in [0.1, 0.15) is 64.2 Å². The van der Waals surface area contributed by atoms with Crippen molar-refractivity contribution in [2.45, 2.75) is 66.2 Å². The van der Waals surface area contributed by atoms with Gasteiger partial charge < -0.3 is 4.74 Å². The van der Waals surface area contributed by atoms with E-state index in [1.807, 2.05) is 0 Å². The molecule has 0 saturated carbocycles. The lowest BCUT2D eigenvalue weighted by molar-refractivity contribution is -0.113. The zero-order chi connectivity index (χ0) is 15.8. The first-order chi connectivity index (χ1) is 9.74. The molecule has 0 unspecified atom stereocenters. The molecule has 0 amide bonds. The van der Waals surface area contributed by atoms with E-state index in [4.69, 9.17) is 4.74 Å². The Morgan fingerprint density at radius 3 is 2.48 bits per heavy atom. The summed E-state index contributed by atoms with van der Waals surface area (Å²) in [7, 11) is 0. The lowest BCUT2D eigenvalue weighted by Gasteiger charge is -2.30. The highest BCUT2D eigenvalue weighted by Gasteiger charge is 2.28. The van der Waals surface area contributed by atoms with E-state index in [1.54, 1.807) is 6.92 Å². The van der Waals surface area contributed by atoms with Gasteiger partial charge in [0.1, 0.15) is 11.5 Å². The zero-order valence-corrected chi connectivity index (χ0v) is 14.1. The average Bonchev–Trinajstić information content (AvgIpc) is 2.36. The molecule has 1 aromatic carbocycles. The smallest absolute Gasteiger partial charge is 0.159 e. The van der Waals surface area contributed by atoms with Crippen molar-refractivity contribution in [1.82, 2.24) is 0 Å². The van der Waals surface area contributed by atoms with Crippen LogP contribution in [0.15, 0.2) is 23.5 Å². The fourth-order valence-corrected chi connectivity index (χ4v) is 2.88. The highest BCUT2D eigenvalue weighted by Crippen LogP contribution is 2.41. The normalized spacial score (nSPS) is 14.8. The summed E-state index contributed by atoms with van der Waals surface area (Å²) < 4.78 is 6.22. The maximum Gasteiger partial charge on any atom is 0.159 e. The number of hydrogen-bond acceptors (Lipinski definition) is 2. The Balaban J connectivity index is 2.57. The van der Waals surface area contributed by atoms with Crippen molar-refractivity contribution in [1.29, 1.82) is 0 Å². The zero-order valence-electron chi connectivity index (χ0n) is 14.1. The van der Waals surface area contributed by atoms with Gasteiger partial charge in [-0.3, -0.25) is 4.79 Å². The van der Waals surface area contributed by atoms with Gasteiger partial charge in [0.2, 0.25) is 0 Å². The van der Waals surface area contributed by atoms with E-state index in [2.05, 4.69) is 46.8 Å². The molecular formula is C19H26O2. The molecule has 1 aliphatic heterocycles. The van der Waals surface area contributed by atoms with Gasteiger partial charge in [-0.15, -0.1) is 0 Å². The van der Waals surface area contributed by atoms with Crippen molar-refractivity contribution in [3.8, 4) is 5.75 Å². The largest absolute Gasteiger partial charge is 0.461 e. The van der Waals surface area contributed by atoms with Gasteiger partial charge in [-0.2, -0.15) is 0 Å². The number of allylic oxidation sites excluding steroid dienone is 2. The SMILES string of the molecule is CCCC1=C(C(C)=O)Cc2cc(C)cc(C(C)(C)C)c2O1. The summed E-state index contributed by atoms with van der Waals surface area (Å²) in [5, 5.41) is 0. The first-order valence-electron chi connectivity index (χ1n) is 7.78. The molecule has 0 N–H and O–H groups in total. The third-order valence-electron chi connectivity index (χ3n) is 3.95. The van der Waals surface area contributed by atoms with Crippen LogP contribution >= 0.6 is 0 Å². The highest BCUT2D eigenvalue weighted by molar-refractivity contribution is 5.94. The summed E-state index contributed by atoms with van der Waals surface area (Å²) in [6, 6.07) is 4.36. The summed E-state index contributed by atoms with van der Waals surface area (Å²) in [6.07, 6.45) is 2.51. The Bertz CT molecular complexity index is 601. The van der Waals surface area contributed by atoms with E-state index in [0.29, 0.717) is 6.42 Å². The summed E-state index contributed by atoms with van der Waals surface area (Å²) in [5.74, 6) is 1.97. The summed E-state index contributed by atoms with van der Waals surface area (Å²) in [6.45, 7) is 12.5. The Morgan fingerprint density at radius 1 is 1.29 bits per heavy atom. The fraction of sp³-hybridized carbons (Fsp3) is 0.526. The number of ketones is 1. The number of rotatable bonds is 3. The molecule has 0 aromatic heterocycles. The number of fused-ring (bicyclic) bond motifs is 1. The van der Waals surface area contributed by atoms with Gasteiger partial charge in [0, 0.05) is 24.0 Å². The van der Waals surface area contributed by atoms with Crippen LogP contribution < -0.4 is 4.74 Å². The van der Waals surface area contributed by atoms with Gasteiger partial charge in [0.25, 0.3) is 0 Å². The molecule has 0 aliphatic carbocycles. The van der Waals surface area contributed by atoms with Gasteiger partial charge in [0.15, 0.2) is 5.78 Å². The Hall–Kier alpha value is -1.57. The topological polar surface area (TPSA) is 26.3 Å². The molecule has 1 aliphatic rings. The first kappa shape index (κ1) is 15.8. The Labute approximate surface area is 128 Å². The summed E-state index contributed by atoms with van der Waals surface area (Å²) in [4.78, 5) is 11.9. The molecule has 2 nitrogen and oxygen atoms in total. The van der Waals surface area contributed by atoms with Crippen LogP contribution in [0.5, 0.6) is 5.75 Å². The van der Waals surface area contributed by atoms with E-state index < -0.39 is 0 Å². The van der Waals surface area contributed by atoms with E-state index in [9.17, 15) is 4.79 Å². The molecule has 21 heavy (non-hydrogen) atoms. The molecule has 0 radical (unpaired) electrons. The van der Waals surface area contributed by atoms with Crippen molar-refractivity contribution in [2.24, 2.45) is 0 Å². The summed E-state index contributed by atoms with van der Waals surface area (Å²) >= 11 is 0. The second kappa shape index (κ2) is 5.67. The Morgan fingerprint density at radius 2 is 1.95 bits per heavy atom. The third-order valence-corrected chi connectivity index (χ3v) is 3.95. The highest BCUT2D eigenvalue weighted by atomic mass is 16.5. The van der Waals surface area contributed by atoms with E-state index in [0.717, 1.165) is 35.5 Å². The lowest BCUT2D eigenvalue weighted by Crippen LogP contribution is -2.20. The molecular weight excluding hydrogens is 260 g/mol. The fourth-order valence-electron chi connectivity index (χ4n) is 2.88. The molecule has 1 aromatic rings. The van der Waals surface area contributed by atoms with Crippen LogP contribution in [0.4, 0.5) is 0 Å².